The lowest BCUT2D eigenvalue weighted by Gasteiger charge is -2.02. The highest BCUT2D eigenvalue weighted by Gasteiger charge is 2.11. The van der Waals surface area contributed by atoms with Gasteiger partial charge in [-0.2, -0.15) is 18.9 Å². The predicted molar refractivity (Wildman–Crippen MR) is 92.7 cm³/mol. The summed E-state index contributed by atoms with van der Waals surface area (Å²) in [6, 6.07) is 9.45. The van der Waals surface area contributed by atoms with E-state index in [2.05, 4.69) is 23.8 Å². The van der Waals surface area contributed by atoms with Gasteiger partial charge >= 0.3 is 10.1 Å². The molecule has 0 saturated carbocycles. The smallest absolute Gasteiger partial charge is 0.288 e. The summed E-state index contributed by atoms with van der Waals surface area (Å²) in [5, 5.41) is 25.1. The Morgan fingerprint density at radius 3 is 2.08 bits per heavy atom. The zero-order valence-corrected chi connectivity index (χ0v) is 15.4. The molecule has 0 aliphatic heterocycles. The van der Waals surface area contributed by atoms with Crippen LogP contribution in [0.3, 0.4) is 0 Å². The van der Waals surface area contributed by atoms with Crippen LogP contribution in [0.4, 0.5) is 0 Å². The SMILES string of the molecule is CCOOSON=C(C#N)c1ccc(C(C#N)=NOS(=O)(=O)CC)cc1. The van der Waals surface area contributed by atoms with E-state index in [4.69, 9.17) is 14.8 Å². The Morgan fingerprint density at radius 1 is 1.08 bits per heavy atom. The molecule has 0 spiro atoms. The van der Waals surface area contributed by atoms with Crippen LogP contribution >= 0.6 is 12.3 Å². The van der Waals surface area contributed by atoms with E-state index in [-0.39, 0.29) is 17.2 Å². The fourth-order valence-electron chi connectivity index (χ4n) is 1.34. The normalized spacial score (nSPS) is 12.2. The van der Waals surface area contributed by atoms with Gasteiger partial charge in [-0.1, -0.05) is 34.6 Å². The zero-order valence-electron chi connectivity index (χ0n) is 13.8. The second kappa shape index (κ2) is 11.1. The third-order valence-corrected chi connectivity index (χ3v) is 3.89. The minimum Gasteiger partial charge on any atom is -0.288 e. The van der Waals surface area contributed by atoms with Crippen LogP contribution in [0.15, 0.2) is 34.6 Å². The number of oxime groups is 2. The molecule has 26 heavy (non-hydrogen) atoms. The van der Waals surface area contributed by atoms with Crippen LogP contribution in [-0.2, 0) is 27.9 Å². The molecule has 138 valence electrons. The van der Waals surface area contributed by atoms with Crippen molar-refractivity contribution in [3.05, 3.63) is 35.4 Å². The maximum Gasteiger partial charge on any atom is 0.328 e. The second-order valence-corrected chi connectivity index (χ2v) is 6.48. The molecule has 0 atom stereocenters. The van der Waals surface area contributed by atoms with E-state index in [1.54, 1.807) is 13.0 Å². The highest BCUT2D eigenvalue weighted by molar-refractivity contribution is 7.89. The van der Waals surface area contributed by atoms with Crippen LogP contribution in [-0.4, -0.2) is 32.2 Å². The number of benzene rings is 1. The van der Waals surface area contributed by atoms with Crippen molar-refractivity contribution in [1.82, 2.24) is 0 Å². The standard InChI is InChI=1S/C14H14N4O6S2/c1-3-21-24-25-22-17-13(9-15)11-5-7-12(8-6-11)14(10-16)18-23-26(19,20)4-2/h5-8H,3-4H2,1-2H3. The Hall–Kier alpha value is -2.64. The van der Waals surface area contributed by atoms with Crippen LogP contribution in [0.25, 0.3) is 0 Å². The van der Waals surface area contributed by atoms with Gasteiger partial charge < -0.3 is 0 Å². The average Bonchev–Trinajstić information content (AvgIpc) is 2.66. The fraction of sp³-hybridized carbons (Fsp3) is 0.286. The lowest BCUT2D eigenvalue weighted by Crippen LogP contribution is -2.07. The molecule has 0 bridgehead atoms. The third-order valence-electron chi connectivity index (χ3n) is 2.59. The number of nitrogens with zero attached hydrogens (tertiary/aromatic N) is 4. The van der Waals surface area contributed by atoms with Gasteiger partial charge in [-0.25, -0.2) is 4.89 Å². The molecule has 0 aliphatic rings. The molecule has 0 saturated heterocycles. The van der Waals surface area contributed by atoms with Crippen LogP contribution in [0, 0.1) is 22.7 Å². The van der Waals surface area contributed by atoms with Gasteiger partial charge in [0, 0.05) is 11.1 Å². The van der Waals surface area contributed by atoms with Gasteiger partial charge in [-0.15, -0.1) is 4.33 Å². The summed E-state index contributed by atoms with van der Waals surface area (Å²) in [7, 11) is -3.82. The van der Waals surface area contributed by atoms with Crippen molar-refractivity contribution in [2.45, 2.75) is 13.8 Å². The molecule has 0 aromatic heterocycles. The minimum atomic E-state index is -3.82. The lowest BCUT2D eigenvalue weighted by atomic mass is 10.1. The third kappa shape index (κ3) is 7.08. The monoisotopic (exact) mass is 398 g/mol. The van der Waals surface area contributed by atoms with Crippen molar-refractivity contribution in [1.29, 1.82) is 10.5 Å². The number of hydrogen-bond acceptors (Lipinski definition) is 11. The maximum atomic E-state index is 11.3. The van der Waals surface area contributed by atoms with Crippen LogP contribution in [0.2, 0.25) is 0 Å². The summed E-state index contributed by atoms with van der Waals surface area (Å²) in [5.41, 5.74) is 0.410. The van der Waals surface area contributed by atoms with Crippen molar-refractivity contribution < 1.29 is 26.2 Å². The predicted octanol–water partition coefficient (Wildman–Crippen LogP) is 2.06. The Labute approximate surface area is 155 Å². The Morgan fingerprint density at radius 2 is 1.62 bits per heavy atom. The number of rotatable bonds is 10. The van der Waals surface area contributed by atoms with Crippen molar-refractivity contribution in [3.8, 4) is 12.1 Å². The Kier molecular flexibility index (Phi) is 9.11. The van der Waals surface area contributed by atoms with E-state index in [9.17, 15) is 8.42 Å². The van der Waals surface area contributed by atoms with Crippen molar-refractivity contribution >= 4 is 33.9 Å². The molecule has 0 N–H and O–H groups in total. The molecular formula is C14H14N4O6S2. The van der Waals surface area contributed by atoms with Gasteiger partial charge in [0.25, 0.3) is 12.3 Å². The molecule has 1 aromatic rings. The van der Waals surface area contributed by atoms with E-state index in [1.165, 1.54) is 31.2 Å². The number of hydrogen-bond donors (Lipinski definition) is 0. The van der Waals surface area contributed by atoms with Gasteiger partial charge in [0.1, 0.15) is 12.1 Å². The molecule has 0 heterocycles. The molecular weight excluding hydrogens is 384 g/mol. The minimum absolute atomic E-state index is 0.0515. The largest absolute Gasteiger partial charge is 0.328 e. The van der Waals surface area contributed by atoms with Gasteiger partial charge in [0.05, 0.1) is 12.4 Å². The average molecular weight is 398 g/mol. The zero-order chi connectivity index (χ0) is 19.4. The van der Waals surface area contributed by atoms with E-state index >= 15 is 0 Å². The molecule has 0 aliphatic carbocycles. The topological polar surface area (TPSA) is 143 Å². The van der Waals surface area contributed by atoms with Crippen molar-refractivity contribution in [2.24, 2.45) is 10.3 Å². The maximum absolute atomic E-state index is 11.3. The van der Waals surface area contributed by atoms with Crippen LogP contribution < -0.4 is 0 Å². The molecule has 1 aromatic carbocycles. The molecule has 0 fully saturated rings. The molecule has 12 heteroatoms. The summed E-state index contributed by atoms with van der Waals surface area (Å²) in [6.07, 6.45) is 0. The highest BCUT2D eigenvalue weighted by Crippen LogP contribution is 2.11. The van der Waals surface area contributed by atoms with E-state index in [0.29, 0.717) is 30.1 Å². The molecule has 10 nitrogen and oxygen atoms in total. The molecule has 1 rings (SSSR count). The van der Waals surface area contributed by atoms with E-state index in [1.807, 2.05) is 6.07 Å². The molecule has 0 radical (unpaired) electrons. The van der Waals surface area contributed by atoms with Gasteiger partial charge in [0.15, 0.2) is 11.4 Å². The fourth-order valence-corrected chi connectivity index (χ4v) is 1.90. The van der Waals surface area contributed by atoms with Crippen LogP contribution in [0.5, 0.6) is 0 Å². The first kappa shape index (κ1) is 21.4. The van der Waals surface area contributed by atoms with E-state index < -0.39 is 10.1 Å². The van der Waals surface area contributed by atoms with E-state index in [0.717, 1.165) is 0 Å². The summed E-state index contributed by atoms with van der Waals surface area (Å²) in [5.74, 6) is -0.277. The highest BCUT2D eigenvalue weighted by atomic mass is 32.2. The summed E-state index contributed by atoms with van der Waals surface area (Å²) in [4.78, 5) is 4.55. The van der Waals surface area contributed by atoms with Gasteiger partial charge in [0.2, 0.25) is 0 Å². The first-order chi connectivity index (χ1) is 12.5. The van der Waals surface area contributed by atoms with Crippen LogP contribution in [0.1, 0.15) is 25.0 Å². The quantitative estimate of drug-likeness (QED) is 0.190. The second-order valence-electron chi connectivity index (χ2n) is 4.22. The lowest BCUT2D eigenvalue weighted by molar-refractivity contribution is -0.191. The van der Waals surface area contributed by atoms with Crippen molar-refractivity contribution in [2.75, 3.05) is 12.4 Å². The Balaban J connectivity index is 2.89. The Bertz CT molecular complexity index is 838. The summed E-state index contributed by atoms with van der Waals surface area (Å²) < 4.78 is 36.1. The van der Waals surface area contributed by atoms with Crippen molar-refractivity contribution in [3.63, 3.8) is 0 Å². The molecule has 0 unspecified atom stereocenters. The van der Waals surface area contributed by atoms with Gasteiger partial charge in [-0.3, -0.25) is 8.57 Å². The first-order valence-corrected chi connectivity index (χ1v) is 9.32. The number of nitriles is 2. The molecule has 0 amide bonds. The van der Waals surface area contributed by atoms with Gasteiger partial charge in [-0.05, 0) is 13.8 Å². The summed E-state index contributed by atoms with van der Waals surface area (Å²) >= 11 is 0.442. The summed E-state index contributed by atoms with van der Waals surface area (Å²) in [6.45, 7) is 3.42. The first-order valence-electron chi connectivity index (χ1n) is 7.07.